The van der Waals surface area contributed by atoms with Crippen LogP contribution in [0.2, 0.25) is 0 Å². The summed E-state index contributed by atoms with van der Waals surface area (Å²) in [5, 5.41) is 3.47. The molecule has 0 spiro atoms. The molecule has 0 aromatic heterocycles. The summed E-state index contributed by atoms with van der Waals surface area (Å²) in [4.78, 5) is 10.4. The first-order valence-electron chi connectivity index (χ1n) is 2.45. The highest BCUT2D eigenvalue weighted by Gasteiger charge is 1.95. The fraction of sp³-hybridized carbons (Fsp3) is 0.500. The topological polar surface area (TPSA) is 76.7 Å². The number of nitrogens with one attached hydrogen (secondary N) is 1. The van der Waals surface area contributed by atoms with E-state index >= 15 is 0 Å². The Bertz CT molecular complexity index is 143. The van der Waals surface area contributed by atoms with Crippen molar-refractivity contribution in [2.75, 3.05) is 13.7 Å². The van der Waals surface area contributed by atoms with E-state index in [1.165, 1.54) is 7.11 Å². The number of hydrogen-bond acceptors (Lipinski definition) is 4. The predicted octanol–water partition coefficient (Wildman–Crippen LogP) is -0.626. The summed E-state index contributed by atoms with van der Waals surface area (Å²) in [6.45, 7) is 0.0167. The Hall–Kier alpha value is -0.780. The van der Waals surface area contributed by atoms with Gasteiger partial charge in [-0.05, 0) is 15.9 Å². The number of esters is 1. The lowest BCUT2D eigenvalue weighted by molar-refractivity contribution is -0.139. The molecule has 0 aliphatic heterocycles. The van der Waals surface area contributed by atoms with E-state index in [2.05, 4.69) is 31.2 Å². The first kappa shape index (κ1) is 9.22. The smallest absolute Gasteiger partial charge is 0.326 e. The molecule has 3 N–H and O–H groups in total. The Morgan fingerprint density at radius 1 is 1.90 bits per heavy atom. The number of rotatable bonds is 3. The van der Waals surface area contributed by atoms with Crippen molar-refractivity contribution in [2.45, 2.75) is 0 Å². The van der Waals surface area contributed by atoms with E-state index < -0.39 is 5.97 Å². The number of amidine groups is 1. The average Bonchev–Trinajstić information content (AvgIpc) is 1.87. The molecular formula is C4H8BrN3O2. The van der Waals surface area contributed by atoms with Crippen LogP contribution in [0, 0.1) is 0 Å². The van der Waals surface area contributed by atoms with E-state index in [1.807, 2.05) is 0 Å². The van der Waals surface area contributed by atoms with Crippen LogP contribution in [0.15, 0.2) is 5.10 Å². The number of halogens is 1. The van der Waals surface area contributed by atoms with Crippen molar-refractivity contribution in [1.82, 2.24) is 5.43 Å². The standard InChI is InChI=1S/C4H8BrN3O2/c1-10-3(9)2-7-8-4(5)6/h7H,2H2,1H3,(H2,6,8). The van der Waals surface area contributed by atoms with Gasteiger partial charge in [-0.3, -0.25) is 10.2 Å². The first-order chi connectivity index (χ1) is 4.66. The molecule has 0 aromatic rings. The van der Waals surface area contributed by atoms with Gasteiger partial charge in [0, 0.05) is 0 Å². The van der Waals surface area contributed by atoms with Crippen LogP contribution < -0.4 is 11.2 Å². The number of hydrogen-bond donors (Lipinski definition) is 2. The zero-order valence-corrected chi connectivity index (χ0v) is 7.01. The summed E-state index contributed by atoms with van der Waals surface area (Å²) < 4.78 is 4.50. The third-order valence-corrected chi connectivity index (χ3v) is 0.814. The van der Waals surface area contributed by atoms with Gasteiger partial charge < -0.3 is 10.5 Å². The highest BCUT2D eigenvalue weighted by Crippen LogP contribution is 1.76. The average molecular weight is 210 g/mol. The van der Waals surface area contributed by atoms with Gasteiger partial charge in [-0.1, -0.05) is 0 Å². The van der Waals surface area contributed by atoms with E-state index in [9.17, 15) is 4.79 Å². The van der Waals surface area contributed by atoms with Gasteiger partial charge in [0.1, 0.15) is 6.54 Å². The number of nitrogens with two attached hydrogens (primary N) is 1. The Kier molecular flexibility index (Phi) is 4.65. The molecule has 10 heavy (non-hydrogen) atoms. The maximum Gasteiger partial charge on any atom is 0.326 e. The second-order valence-corrected chi connectivity index (χ2v) is 2.16. The molecule has 0 aliphatic rings. The minimum atomic E-state index is -0.391. The molecule has 0 radical (unpaired) electrons. The minimum absolute atomic E-state index is 0.0167. The Balaban J connectivity index is 3.37. The molecule has 0 atom stereocenters. The van der Waals surface area contributed by atoms with E-state index in [1.54, 1.807) is 0 Å². The molecule has 0 saturated carbocycles. The molecule has 0 bridgehead atoms. The van der Waals surface area contributed by atoms with Crippen LogP contribution >= 0.6 is 15.9 Å². The van der Waals surface area contributed by atoms with E-state index in [0.29, 0.717) is 0 Å². The summed E-state index contributed by atoms with van der Waals surface area (Å²) in [5.41, 5.74) is 7.45. The van der Waals surface area contributed by atoms with Crippen LogP contribution in [0.5, 0.6) is 0 Å². The summed E-state index contributed by atoms with van der Waals surface area (Å²) in [6, 6.07) is 0. The lowest BCUT2D eigenvalue weighted by atomic mass is 10.7. The van der Waals surface area contributed by atoms with Gasteiger partial charge in [0.05, 0.1) is 7.11 Å². The first-order valence-corrected chi connectivity index (χ1v) is 3.24. The second kappa shape index (κ2) is 5.04. The largest absolute Gasteiger partial charge is 0.468 e. The third kappa shape index (κ3) is 5.36. The van der Waals surface area contributed by atoms with Crippen LogP contribution in [0.3, 0.4) is 0 Å². The number of carbonyl (C=O) groups is 1. The lowest BCUT2D eigenvalue weighted by Crippen LogP contribution is -2.21. The molecule has 0 saturated heterocycles. The fourth-order valence-corrected chi connectivity index (χ4v) is 0.377. The summed E-state index contributed by atoms with van der Waals surface area (Å²) in [5.74, 6) is -0.391. The van der Waals surface area contributed by atoms with Crippen molar-refractivity contribution >= 4 is 26.6 Å². The predicted molar refractivity (Wildman–Crippen MR) is 40.6 cm³/mol. The van der Waals surface area contributed by atoms with E-state index in [-0.39, 0.29) is 11.3 Å². The van der Waals surface area contributed by atoms with Gasteiger partial charge in [0.15, 0.2) is 4.74 Å². The quantitative estimate of drug-likeness (QED) is 0.214. The van der Waals surface area contributed by atoms with Crippen LogP contribution in [0.1, 0.15) is 0 Å². The summed E-state index contributed by atoms with van der Waals surface area (Å²) in [6.07, 6.45) is 0. The van der Waals surface area contributed by atoms with Gasteiger partial charge in [0.2, 0.25) is 0 Å². The van der Waals surface area contributed by atoms with Crippen LogP contribution in [0.25, 0.3) is 0 Å². The van der Waals surface area contributed by atoms with Crippen molar-refractivity contribution in [1.29, 1.82) is 0 Å². The second-order valence-electron chi connectivity index (χ2n) is 1.35. The summed E-state index contributed by atoms with van der Waals surface area (Å²) >= 11 is 2.86. The number of carbonyl (C=O) groups excluding carboxylic acids is 1. The monoisotopic (exact) mass is 209 g/mol. The maximum absolute atomic E-state index is 10.4. The highest BCUT2D eigenvalue weighted by atomic mass is 79.9. The number of methoxy groups -OCH3 is 1. The summed E-state index contributed by atoms with van der Waals surface area (Å²) in [7, 11) is 1.30. The molecule has 0 amide bonds. The SMILES string of the molecule is COC(=O)CN/N=C(\N)Br. The number of ether oxygens (including phenoxy) is 1. The van der Waals surface area contributed by atoms with E-state index in [4.69, 9.17) is 5.73 Å². The molecule has 0 heterocycles. The Morgan fingerprint density at radius 2 is 2.50 bits per heavy atom. The van der Waals surface area contributed by atoms with Gasteiger partial charge >= 0.3 is 5.97 Å². The van der Waals surface area contributed by atoms with Gasteiger partial charge in [0.25, 0.3) is 0 Å². The van der Waals surface area contributed by atoms with Gasteiger partial charge in [-0.15, -0.1) is 0 Å². The molecule has 0 fully saturated rings. The van der Waals surface area contributed by atoms with Crippen LogP contribution in [-0.4, -0.2) is 24.4 Å². The minimum Gasteiger partial charge on any atom is -0.468 e. The molecular weight excluding hydrogens is 202 g/mol. The molecule has 0 rings (SSSR count). The molecule has 5 nitrogen and oxygen atoms in total. The fourth-order valence-electron chi connectivity index (χ4n) is 0.252. The number of hydrazone groups is 1. The van der Waals surface area contributed by atoms with Gasteiger partial charge in [-0.25, -0.2) is 0 Å². The lowest BCUT2D eigenvalue weighted by Gasteiger charge is -1.96. The number of nitrogens with zero attached hydrogens (tertiary/aromatic N) is 1. The van der Waals surface area contributed by atoms with Crippen LogP contribution in [0.4, 0.5) is 0 Å². The maximum atomic E-state index is 10.4. The van der Waals surface area contributed by atoms with Crippen molar-refractivity contribution in [2.24, 2.45) is 10.8 Å². The molecule has 0 aliphatic carbocycles. The van der Waals surface area contributed by atoms with E-state index in [0.717, 1.165) is 0 Å². The van der Waals surface area contributed by atoms with Gasteiger partial charge in [-0.2, -0.15) is 5.10 Å². The van der Waals surface area contributed by atoms with Crippen molar-refractivity contribution < 1.29 is 9.53 Å². The van der Waals surface area contributed by atoms with Crippen molar-refractivity contribution in [3.8, 4) is 0 Å². The van der Waals surface area contributed by atoms with Crippen molar-refractivity contribution in [3.05, 3.63) is 0 Å². The third-order valence-electron chi connectivity index (χ3n) is 0.637. The Morgan fingerprint density at radius 3 is 2.90 bits per heavy atom. The molecule has 6 heteroatoms. The molecule has 58 valence electrons. The highest BCUT2D eigenvalue weighted by molar-refractivity contribution is 9.18. The normalized spacial score (nSPS) is 10.8. The molecule has 0 unspecified atom stereocenters. The van der Waals surface area contributed by atoms with Crippen LogP contribution in [-0.2, 0) is 9.53 Å². The molecule has 0 aromatic carbocycles. The zero-order valence-electron chi connectivity index (χ0n) is 5.43. The Labute approximate surface area is 66.7 Å². The van der Waals surface area contributed by atoms with Crippen molar-refractivity contribution in [3.63, 3.8) is 0 Å². The zero-order chi connectivity index (χ0) is 7.98.